The minimum absolute atomic E-state index is 0.00922. The van der Waals surface area contributed by atoms with Crippen molar-refractivity contribution >= 4 is 33.2 Å². The average Bonchev–Trinajstić information content (AvgIpc) is 3.48. The van der Waals surface area contributed by atoms with E-state index >= 15 is 0 Å². The number of carbonyl (C=O) groups is 1. The summed E-state index contributed by atoms with van der Waals surface area (Å²) in [6, 6.07) is 8.25. The van der Waals surface area contributed by atoms with Crippen molar-refractivity contribution in [3.63, 3.8) is 0 Å². The van der Waals surface area contributed by atoms with Gasteiger partial charge < -0.3 is 16.0 Å². The van der Waals surface area contributed by atoms with Crippen molar-refractivity contribution in [1.29, 1.82) is 0 Å². The molecule has 5 rings (SSSR count). The Balaban J connectivity index is 1.41. The van der Waals surface area contributed by atoms with E-state index in [1.54, 1.807) is 0 Å². The Kier molecular flexibility index (Phi) is 5.67. The lowest BCUT2D eigenvalue weighted by Gasteiger charge is -2.23. The fourth-order valence-electron chi connectivity index (χ4n) is 4.17. The summed E-state index contributed by atoms with van der Waals surface area (Å²) in [6.07, 6.45) is 6.39. The normalized spacial score (nSPS) is 17.1. The van der Waals surface area contributed by atoms with Gasteiger partial charge in [0.1, 0.15) is 4.60 Å². The lowest BCUT2D eigenvalue weighted by atomic mass is 9.98. The fraction of sp³-hybridized carbons (Fsp3) is 0.435. The first-order valence-electron chi connectivity index (χ1n) is 11.0. The number of hydrogen-bond acceptors (Lipinski definition) is 5. The molecule has 1 saturated heterocycles. The average molecular weight is 483 g/mol. The second kappa shape index (κ2) is 8.59. The molecule has 1 aliphatic heterocycles. The summed E-state index contributed by atoms with van der Waals surface area (Å²) >= 11 is 3.55. The van der Waals surface area contributed by atoms with Gasteiger partial charge in [-0.25, -0.2) is 9.50 Å². The van der Waals surface area contributed by atoms with Gasteiger partial charge in [0.25, 0.3) is 5.91 Å². The van der Waals surface area contributed by atoms with Crippen LogP contribution in [0.5, 0.6) is 0 Å². The number of anilines is 1. The Morgan fingerprint density at radius 3 is 2.77 bits per heavy atom. The van der Waals surface area contributed by atoms with E-state index in [4.69, 9.17) is 0 Å². The van der Waals surface area contributed by atoms with E-state index in [2.05, 4.69) is 42.0 Å². The minimum atomic E-state index is 0.00922. The summed E-state index contributed by atoms with van der Waals surface area (Å²) < 4.78 is 2.62. The molecular weight excluding hydrogens is 456 g/mol. The van der Waals surface area contributed by atoms with E-state index in [0.29, 0.717) is 12.0 Å². The van der Waals surface area contributed by atoms with Gasteiger partial charge in [-0.15, -0.1) is 0 Å². The van der Waals surface area contributed by atoms with Crippen molar-refractivity contribution < 1.29 is 4.79 Å². The maximum atomic E-state index is 12.5. The van der Waals surface area contributed by atoms with Crippen molar-refractivity contribution in [1.82, 2.24) is 25.2 Å². The summed E-state index contributed by atoms with van der Waals surface area (Å²) in [7, 11) is 0. The van der Waals surface area contributed by atoms with Crippen molar-refractivity contribution in [3.8, 4) is 11.3 Å². The highest BCUT2D eigenvalue weighted by Gasteiger charge is 2.24. The molecule has 2 fully saturated rings. The number of fused-ring (bicyclic) bond motifs is 1. The number of aromatic nitrogens is 3. The molecule has 162 valence electrons. The SMILES string of the molecule is Cc1cc(-c2cnc3c(NCC4CCNCC4)cc(Br)nn23)ccc1C(=O)NC1CC1. The summed E-state index contributed by atoms with van der Waals surface area (Å²) in [6.45, 7) is 5.08. The van der Waals surface area contributed by atoms with Crippen LogP contribution in [-0.4, -0.2) is 46.2 Å². The van der Waals surface area contributed by atoms with E-state index in [9.17, 15) is 4.79 Å². The van der Waals surface area contributed by atoms with E-state index in [1.165, 1.54) is 12.8 Å². The van der Waals surface area contributed by atoms with Crippen LogP contribution in [0.3, 0.4) is 0 Å². The number of amides is 1. The van der Waals surface area contributed by atoms with Gasteiger partial charge in [0.15, 0.2) is 5.65 Å². The number of nitrogens with zero attached hydrogens (tertiary/aromatic N) is 3. The number of nitrogens with one attached hydrogen (secondary N) is 3. The number of hydrogen-bond donors (Lipinski definition) is 3. The molecule has 1 aliphatic carbocycles. The molecule has 8 heteroatoms. The Bertz CT molecular complexity index is 1120. The van der Waals surface area contributed by atoms with Crippen LogP contribution < -0.4 is 16.0 Å². The van der Waals surface area contributed by atoms with E-state index < -0.39 is 0 Å². The molecule has 0 bridgehead atoms. The molecule has 3 aromatic rings. The largest absolute Gasteiger partial charge is 0.382 e. The third-order valence-electron chi connectivity index (χ3n) is 6.16. The Morgan fingerprint density at radius 1 is 1.23 bits per heavy atom. The van der Waals surface area contributed by atoms with Gasteiger partial charge in [-0.05, 0) is 91.3 Å². The van der Waals surface area contributed by atoms with Crippen LogP contribution in [0.15, 0.2) is 35.1 Å². The number of carbonyl (C=O) groups excluding carboxylic acids is 1. The molecule has 0 atom stereocenters. The predicted octanol–water partition coefficient (Wildman–Crippen LogP) is 3.77. The van der Waals surface area contributed by atoms with Gasteiger partial charge in [-0.3, -0.25) is 4.79 Å². The molecule has 31 heavy (non-hydrogen) atoms. The first-order valence-corrected chi connectivity index (χ1v) is 11.8. The second-order valence-corrected chi connectivity index (χ2v) is 9.42. The molecule has 0 radical (unpaired) electrons. The molecular formula is C23H27BrN6O. The molecule has 0 spiro atoms. The molecule has 0 unspecified atom stereocenters. The number of piperidine rings is 1. The van der Waals surface area contributed by atoms with Gasteiger partial charge in [0, 0.05) is 23.7 Å². The topological polar surface area (TPSA) is 83.3 Å². The van der Waals surface area contributed by atoms with Crippen LogP contribution >= 0.6 is 15.9 Å². The Labute approximate surface area is 190 Å². The van der Waals surface area contributed by atoms with Crippen LogP contribution in [0.1, 0.15) is 41.6 Å². The Hall–Kier alpha value is -2.45. The summed E-state index contributed by atoms with van der Waals surface area (Å²) in [4.78, 5) is 17.1. The van der Waals surface area contributed by atoms with Crippen LogP contribution in [-0.2, 0) is 0 Å². The van der Waals surface area contributed by atoms with Gasteiger partial charge in [-0.1, -0.05) is 6.07 Å². The summed E-state index contributed by atoms with van der Waals surface area (Å²) in [5.74, 6) is 0.676. The minimum Gasteiger partial charge on any atom is -0.382 e. The summed E-state index contributed by atoms with van der Waals surface area (Å²) in [5, 5.41) is 14.7. The smallest absolute Gasteiger partial charge is 0.251 e. The van der Waals surface area contributed by atoms with Gasteiger partial charge in [0.05, 0.1) is 17.6 Å². The Morgan fingerprint density at radius 2 is 2.03 bits per heavy atom. The monoisotopic (exact) mass is 482 g/mol. The second-order valence-electron chi connectivity index (χ2n) is 8.61. The van der Waals surface area contributed by atoms with Crippen molar-refractivity contribution in [2.75, 3.05) is 25.0 Å². The standard InChI is InChI=1S/C23H27BrN6O/c1-14-10-16(2-5-18(14)23(31)28-17-3-4-17)20-13-27-22-19(11-21(24)29-30(20)22)26-12-15-6-8-25-9-7-15/h2,5,10-11,13,15,17,25-26H,3-4,6-9,12H2,1H3,(H,28,31). The number of aryl methyl sites for hydroxylation is 1. The van der Waals surface area contributed by atoms with Crippen molar-refractivity contribution in [2.24, 2.45) is 5.92 Å². The molecule has 3 N–H and O–H groups in total. The van der Waals surface area contributed by atoms with Crippen LogP contribution in [0.4, 0.5) is 5.69 Å². The lowest BCUT2D eigenvalue weighted by molar-refractivity contribution is 0.0950. The fourth-order valence-corrected chi connectivity index (χ4v) is 4.56. The first kappa shape index (κ1) is 20.5. The van der Waals surface area contributed by atoms with E-state index in [1.807, 2.05) is 41.9 Å². The third-order valence-corrected chi connectivity index (χ3v) is 6.54. The van der Waals surface area contributed by atoms with Crippen molar-refractivity contribution in [3.05, 3.63) is 46.2 Å². The first-order chi connectivity index (χ1) is 15.1. The highest BCUT2D eigenvalue weighted by atomic mass is 79.9. The lowest BCUT2D eigenvalue weighted by Crippen LogP contribution is -2.31. The highest BCUT2D eigenvalue weighted by Crippen LogP contribution is 2.28. The zero-order valence-electron chi connectivity index (χ0n) is 17.6. The molecule has 1 saturated carbocycles. The highest BCUT2D eigenvalue weighted by molar-refractivity contribution is 9.10. The van der Waals surface area contributed by atoms with Crippen molar-refractivity contribution in [2.45, 2.75) is 38.6 Å². The van der Waals surface area contributed by atoms with Gasteiger partial charge in [0.2, 0.25) is 0 Å². The van der Waals surface area contributed by atoms with E-state index in [-0.39, 0.29) is 5.91 Å². The van der Waals surface area contributed by atoms with Crippen LogP contribution in [0, 0.1) is 12.8 Å². The van der Waals surface area contributed by atoms with Crippen LogP contribution in [0.2, 0.25) is 0 Å². The summed E-state index contributed by atoms with van der Waals surface area (Å²) in [5.41, 5.74) is 5.35. The molecule has 7 nitrogen and oxygen atoms in total. The number of rotatable bonds is 6. The molecule has 3 heterocycles. The maximum absolute atomic E-state index is 12.5. The number of halogens is 1. The van der Waals surface area contributed by atoms with Gasteiger partial charge in [-0.2, -0.15) is 5.10 Å². The van der Waals surface area contributed by atoms with E-state index in [0.717, 1.165) is 70.8 Å². The zero-order chi connectivity index (χ0) is 21.4. The van der Waals surface area contributed by atoms with Crippen LogP contribution in [0.25, 0.3) is 16.9 Å². The molecule has 2 aliphatic rings. The third kappa shape index (κ3) is 4.45. The van der Waals surface area contributed by atoms with Gasteiger partial charge >= 0.3 is 0 Å². The number of imidazole rings is 1. The number of benzene rings is 1. The maximum Gasteiger partial charge on any atom is 0.251 e. The zero-order valence-corrected chi connectivity index (χ0v) is 19.2. The predicted molar refractivity (Wildman–Crippen MR) is 125 cm³/mol. The molecule has 2 aromatic heterocycles. The quantitative estimate of drug-likeness (QED) is 0.497. The molecule has 1 aromatic carbocycles. The molecule has 1 amide bonds.